The second kappa shape index (κ2) is 12.7. The van der Waals surface area contributed by atoms with E-state index >= 15 is 0 Å². The van der Waals surface area contributed by atoms with Crippen molar-refractivity contribution < 1.29 is 31.8 Å². The molecule has 1 amide bonds. The Morgan fingerprint density at radius 2 is 1.87 bits per heavy atom. The van der Waals surface area contributed by atoms with Gasteiger partial charge in [0.15, 0.2) is 0 Å². The van der Waals surface area contributed by atoms with Crippen LogP contribution in [0.25, 0.3) is 0 Å². The Balaban J connectivity index is 1.95. The van der Waals surface area contributed by atoms with Gasteiger partial charge in [-0.3, -0.25) is 19.2 Å². The van der Waals surface area contributed by atoms with Crippen LogP contribution < -0.4 is 15.4 Å². The second-order valence-electron chi connectivity index (χ2n) is 9.95. The molecule has 0 unspecified atom stereocenters. The van der Waals surface area contributed by atoms with Crippen LogP contribution in [0.4, 0.5) is 13.2 Å². The maximum atomic E-state index is 12.4. The van der Waals surface area contributed by atoms with Crippen molar-refractivity contribution in [2.24, 2.45) is 0 Å². The monoisotopic (exact) mass is 556 g/mol. The Kier molecular flexibility index (Phi) is 10.1. The van der Waals surface area contributed by atoms with Crippen molar-refractivity contribution in [3.63, 3.8) is 0 Å². The molecule has 1 aliphatic heterocycles. The molecule has 6 nitrogen and oxygen atoms in total. The van der Waals surface area contributed by atoms with Crippen molar-refractivity contribution in [2.75, 3.05) is 19.4 Å². The molecular weight excluding hydrogens is 517 g/mol. The van der Waals surface area contributed by atoms with Crippen LogP contribution in [-0.4, -0.2) is 46.1 Å². The van der Waals surface area contributed by atoms with Gasteiger partial charge in [-0.2, -0.15) is 23.8 Å². The molecule has 10 heteroatoms. The number of aryl methyl sites for hydroxylation is 1. The third-order valence-electron chi connectivity index (χ3n) is 7.24. The highest BCUT2D eigenvalue weighted by atomic mass is 32.3. The van der Waals surface area contributed by atoms with Crippen LogP contribution in [0.2, 0.25) is 0 Å². The SMILES string of the molecule is CCCC[C@]1(CC)CS(O)(O)c2cc(CCCCNC(=O)C(F)(F)F)c(OC)cc2[C@@H](c2ccccc2)N1. The molecule has 0 saturated heterocycles. The Labute approximate surface area is 224 Å². The first-order valence-corrected chi connectivity index (χ1v) is 14.8. The molecule has 0 radical (unpaired) electrons. The predicted molar refractivity (Wildman–Crippen MR) is 145 cm³/mol. The molecule has 2 aromatic rings. The summed E-state index contributed by atoms with van der Waals surface area (Å²) in [5.74, 6) is -1.17. The fraction of sp³-hybridized carbons (Fsp3) is 0.536. The molecule has 0 bridgehead atoms. The average Bonchev–Trinajstić information content (AvgIpc) is 2.98. The van der Waals surface area contributed by atoms with Crippen LogP contribution in [0.3, 0.4) is 0 Å². The maximum absolute atomic E-state index is 12.4. The van der Waals surface area contributed by atoms with E-state index < -0.39 is 28.2 Å². The lowest BCUT2D eigenvalue weighted by molar-refractivity contribution is -0.173. The summed E-state index contributed by atoms with van der Waals surface area (Å²) in [6, 6.07) is 13.3. The minimum atomic E-state index is -4.90. The van der Waals surface area contributed by atoms with Crippen molar-refractivity contribution in [3.05, 3.63) is 59.2 Å². The Bertz CT molecular complexity index is 1080. The van der Waals surface area contributed by atoms with Crippen LogP contribution >= 0.6 is 10.6 Å². The number of carbonyl (C=O) groups excluding carboxylic acids is 1. The number of rotatable bonds is 11. The lowest BCUT2D eigenvalue weighted by atomic mass is 9.87. The first-order valence-electron chi connectivity index (χ1n) is 13.1. The number of nitrogens with one attached hydrogen (secondary N) is 2. The zero-order valence-corrected chi connectivity index (χ0v) is 23.1. The number of alkyl halides is 3. The van der Waals surface area contributed by atoms with Crippen LogP contribution in [0, 0.1) is 0 Å². The van der Waals surface area contributed by atoms with E-state index in [1.54, 1.807) is 13.2 Å². The number of unbranched alkanes of at least 4 members (excludes halogenated alkanes) is 2. The van der Waals surface area contributed by atoms with Gasteiger partial charge in [0.2, 0.25) is 0 Å². The topological polar surface area (TPSA) is 90.8 Å². The summed E-state index contributed by atoms with van der Waals surface area (Å²) in [6.45, 7) is 4.09. The number of ether oxygens (including phenoxy) is 1. The fourth-order valence-corrected chi connectivity index (χ4v) is 7.33. The largest absolute Gasteiger partial charge is 0.496 e. The number of hydrogen-bond acceptors (Lipinski definition) is 5. The third kappa shape index (κ3) is 7.22. The molecule has 4 N–H and O–H groups in total. The van der Waals surface area contributed by atoms with Gasteiger partial charge in [-0.05, 0) is 55.4 Å². The summed E-state index contributed by atoms with van der Waals surface area (Å²) >= 11 is 0. The number of methoxy groups -OCH3 is 1. The highest BCUT2D eigenvalue weighted by Gasteiger charge is 2.42. The molecule has 3 rings (SSSR count). The Morgan fingerprint density at radius 1 is 1.16 bits per heavy atom. The molecule has 212 valence electrons. The molecule has 38 heavy (non-hydrogen) atoms. The van der Waals surface area contributed by atoms with E-state index in [4.69, 9.17) is 4.74 Å². The second-order valence-corrected chi connectivity index (χ2v) is 12.0. The number of halogens is 3. The van der Waals surface area contributed by atoms with E-state index in [0.717, 1.165) is 42.4 Å². The summed E-state index contributed by atoms with van der Waals surface area (Å²) in [5.41, 5.74) is 2.03. The third-order valence-corrected chi connectivity index (χ3v) is 9.25. The molecule has 2 aromatic carbocycles. The molecule has 0 fully saturated rings. The van der Waals surface area contributed by atoms with Crippen LogP contribution in [0.15, 0.2) is 47.4 Å². The fourth-order valence-electron chi connectivity index (χ4n) is 5.09. The lowest BCUT2D eigenvalue weighted by Crippen LogP contribution is -2.49. The predicted octanol–water partition coefficient (Wildman–Crippen LogP) is 6.84. The molecule has 0 saturated carbocycles. The van der Waals surface area contributed by atoms with Gasteiger partial charge in [0.05, 0.1) is 23.8 Å². The highest BCUT2D eigenvalue weighted by Crippen LogP contribution is 2.58. The molecule has 0 spiro atoms. The molecule has 1 aliphatic rings. The van der Waals surface area contributed by atoms with Crippen molar-refractivity contribution in [1.82, 2.24) is 10.6 Å². The Morgan fingerprint density at radius 3 is 2.47 bits per heavy atom. The van der Waals surface area contributed by atoms with Crippen molar-refractivity contribution >= 4 is 16.5 Å². The van der Waals surface area contributed by atoms with E-state index in [-0.39, 0.29) is 18.3 Å². The first kappa shape index (κ1) is 30.3. The summed E-state index contributed by atoms with van der Waals surface area (Å²) in [5, 5.41) is 5.69. The van der Waals surface area contributed by atoms with Crippen molar-refractivity contribution in [3.8, 4) is 5.75 Å². The Hall–Kier alpha value is -2.27. The minimum Gasteiger partial charge on any atom is -0.496 e. The summed E-state index contributed by atoms with van der Waals surface area (Å²) in [6.07, 6.45) is -0.144. The lowest BCUT2D eigenvalue weighted by Gasteiger charge is -2.42. The zero-order valence-electron chi connectivity index (χ0n) is 22.2. The van der Waals surface area contributed by atoms with Crippen LogP contribution in [-0.2, 0) is 11.2 Å². The molecular formula is C28H39F3N2O4S. The highest BCUT2D eigenvalue weighted by molar-refractivity contribution is 8.24. The van der Waals surface area contributed by atoms with E-state index in [0.29, 0.717) is 29.9 Å². The number of hydrogen-bond donors (Lipinski definition) is 4. The van der Waals surface area contributed by atoms with Gasteiger partial charge in [0.25, 0.3) is 0 Å². The van der Waals surface area contributed by atoms with E-state index in [2.05, 4.69) is 19.2 Å². The normalized spacial score (nSPS) is 21.7. The smallest absolute Gasteiger partial charge is 0.471 e. The van der Waals surface area contributed by atoms with Gasteiger partial charge >= 0.3 is 12.1 Å². The first-order chi connectivity index (χ1) is 18.0. The minimum absolute atomic E-state index is 0.1000. The van der Waals surface area contributed by atoms with Gasteiger partial charge in [0, 0.05) is 17.6 Å². The van der Waals surface area contributed by atoms with Crippen molar-refractivity contribution in [1.29, 1.82) is 0 Å². The van der Waals surface area contributed by atoms with Gasteiger partial charge in [-0.25, -0.2) is 0 Å². The summed E-state index contributed by atoms with van der Waals surface area (Å²) in [4.78, 5) is 11.5. The number of benzene rings is 2. The average molecular weight is 557 g/mol. The number of fused-ring (bicyclic) bond motifs is 1. The van der Waals surface area contributed by atoms with Gasteiger partial charge in [-0.1, -0.05) is 57.0 Å². The summed E-state index contributed by atoms with van der Waals surface area (Å²) in [7, 11) is -1.63. The zero-order chi connectivity index (χ0) is 28.0. The standard InChI is InChI=1S/C28H39F3N2O4S/c1-4-6-15-27(5-2)19-38(35,36)24-17-21(14-10-11-16-32-26(34)28(29,30)31)23(37-3)18-22(24)25(33-27)20-12-8-7-9-13-20/h7-9,12-13,17-18,25,33,35-36H,4-6,10-11,14-16,19H2,1-3H3,(H,32,34)/t25-,27-/m1/s1. The van der Waals surface area contributed by atoms with Crippen LogP contribution in [0.5, 0.6) is 5.75 Å². The molecule has 0 aliphatic carbocycles. The molecule has 1 heterocycles. The molecule has 0 aromatic heterocycles. The van der Waals surface area contributed by atoms with Crippen molar-refractivity contribution in [2.45, 2.75) is 81.4 Å². The maximum Gasteiger partial charge on any atom is 0.471 e. The van der Waals surface area contributed by atoms with Gasteiger partial charge in [0.1, 0.15) is 5.75 Å². The van der Waals surface area contributed by atoms with E-state index in [1.165, 1.54) is 0 Å². The summed E-state index contributed by atoms with van der Waals surface area (Å²) < 4.78 is 66.1. The van der Waals surface area contributed by atoms with Gasteiger partial charge < -0.3 is 10.1 Å². The van der Waals surface area contributed by atoms with E-state index in [9.17, 15) is 27.1 Å². The molecule has 2 atom stereocenters. The number of carbonyl (C=O) groups is 1. The van der Waals surface area contributed by atoms with Gasteiger partial charge in [-0.15, -0.1) is 0 Å². The number of amides is 1. The van der Waals surface area contributed by atoms with Crippen LogP contribution in [0.1, 0.15) is 75.1 Å². The van der Waals surface area contributed by atoms with E-state index in [1.807, 2.05) is 41.7 Å². The quantitative estimate of drug-likeness (QED) is 0.228.